The Morgan fingerprint density at radius 1 is 1.22 bits per heavy atom. The van der Waals surface area contributed by atoms with Crippen LogP contribution < -0.4 is 15.5 Å². The fourth-order valence-electron chi connectivity index (χ4n) is 1.79. The van der Waals surface area contributed by atoms with Crippen molar-refractivity contribution in [3.05, 3.63) is 65.5 Å². The Bertz CT molecular complexity index is 674. The number of hydrogen-bond donors (Lipinski definition) is 2. The number of nitrogens with zero attached hydrogens (tertiary/aromatic N) is 1. The first-order valence-electron chi connectivity index (χ1n) is 7.22. The molecule has 0 aliphatic heterocycles. The Kier molecular flexibility index (Phi) is 6.50. The van der Waals surface area contributed by atoms with Crippen molar-refractivity contribution in [3.63, 3.8) is 0 Å². The number of hydrogen-bond acceptors (Lipinski definition) is 3. The van der Waals surface area contributed by atoms with Crippen LogP contribution >= 0.6 is 12.2 Å². The van der Waals surface area contributed by atoms with E-state index in [0.717, 1.165) is 12.1 Å². The summed E-state index contributed by atoms with van der Waals surface area (Å²) in [5.74, 6) is 0.403. The van der Waals surface area contributed by atoms with Crippen molar-refractivity contribution < 1.29 is 9.13 Å². The van der Waals surface area contributed by atoms with Gasteiger partial charge >= 0.3 is 0 Å². The van der Waals surface area contributed by atoms with E-state index in [1.807, 2.05) is 31.2 Å². The molecule has 6 heteroatoms. The van der Waals surface area contributed by atoms with Crippen LogP contribution in [0.1, 0.15) is 18.1 Å². The van der Waals surface area contributed by atoms with Crippen LogP contribution in [-0.4, -0.2) is 17.9 Å². The first kappa shape index (κ1) is 16.9. The lowest BCUT2D eigenvalue weighted by Gasteiger charge is -2.07. The number of halogens is 1. The molecule has 0 aliphatic carbocycles. The molecule has 23 heavy (non-hydrogen) atoms. The Labute approximate surface area is 140 Å². The standard InChI is InChI=1S/C17H18FN3OS/c1-2-19-17(23)21-20-11-13-7-9-15(10-8-13)22-12-14-5-3-4-6-16(14)18/h3-11H,2,12H2,1H3,(H2,19,21,23)/b20-11-. The van der Waals surface area contributed by atoms with Gasteiger partial charge in [-0.25, -0.2) is 4.39 Å². The van der Waals surface area contributed by atoms with Crippen molar-refractivity contribution in [2.45, 2.75) is 13.5 Å². The maximum Gasteiger partial charge on any atom is 0.186 e. The molecule has 0 atom stereocenters. The third-order valence-electron chi connectivity index (χ3n) is 2.95. The van der Waals surface area contributed by atoms with Crippen LogP contribution in [-0.2, 0) is 6.61 Å². The lowest BCUT2D eigenvalue weighted by Crippen LogP contribution is -2.31. The second kappa shape index (κ2) is 8.85. The molecule has 0 saturated carbocycles. The van der Waals surface area contributed by atoms with E-state index in [1.165, 1.54) is 6.07 Å². The number of nitrogens with one attached hydrogen (secondary N) is 2. The molecule has 4 nitrogen and oxygen atoms in total. The van der Waals surface area contributed by atoms with Gasteiger partial charge in [0.2, 0.25) is 0 Å². The molecule has 0 aliphatic rings. The molecule has 2 aromatic rings. The minimum atomic E-state index is -0.265. The van der Waals surface area contributed by atoms with E-state index < -0.39 is 0 Å². The molecular formula is C17H18FN3OS. The van der Waals surface area contributed by atoms with Crippen molar-refractivity contribution in [3.8, 4) is 5.75 Å². The van der Waals surface area contributed by atoms with Crippen molar-refractivity contribution in [2.24, 2.45) is 5.10 Å². The van der Waals surface area contributed by atoms with Gasteiger partial charge in [-0.1, -0.05) is 18.2 Å². The van der Waals surface area contributed by atoms with Gasteiger partial charge < -0.3 is 10.1 Å². The summed E-state index contributed by atoms with van der Waals surface area (Å²) >= 11 is 4.99. The predicted octanol–water partition coefficient (Wildman–Crippen LogP) is 3.22. The molecule has 2 aromatic carbocycles. The molecule has 120 valence electrons. The van der Waals surface area contributed by atoms with Crippen LogP contribution in [0.3, 0.4) is 0 Å². The Hall–Kier alpha value is -2.47. The maximum absolute atomic E-state index is 13.5. The van der Waals surface area contributed by atoms with Crippen LogP contribution in [0.15, 0.2) is 53.6 Å². The van der Waals surface area contributed by atoms with Crippen molar-refractivity contribution in [1.82, 2.24) is 10.7 Å². The average molecular weight is 331 g/mol. The van der Waals surface area contributed by atoms with E-state index in [9.17, 15) is 4.39 Å². The van der Waals surface area contributed by atoms with Crippen molar-refractivity contribution in [2.75, 3.05) is 6.54 Å². The van der Waals surface area contributed by atoms with Crippen LogP contribution in [0.5, 0.6) is 5.75 Å². The third kappa shape index (κ3) is 5.67. The van der Waals surface area contributed by atoms with Gasteiger partial charge in [-0.05, 0) is 55.0 Å². The van der Waals surface area contributed by atoms with Gasteiger partial charge in [-0.2, -0.15) is 5.10 Å². The summed E-state index contributed by atoms with van der Waals surface area (Å²) in [4.78, 5) is 0. The molecule has 0 spiro atoms. The lowest BCUT2D eigenvalue weighted by atomic mass is 10.2. The first-order chi connectivity index (χ1) is 11.2. The molecule has 0 amide bonds. The summed E-state index contributed by atoms with van der Waals surface area (Å²) in [6.45, 7) is 2.89. The second-order valence-corrected chi connectivity index (χ2v) is 5.09. The highest BCUT2D eigenvalue weighted by molar-refractivity contribution is 7.80. The highest BCUT2D eigenvalue weighted by atomic mass is 32.1. The SMILES string of the molecule is CCNC(=S)N/N=C\c1ccc(OCc2ccccc2F)cc1. The van der Waals surface area contributed by atoms with Gasteiger partial charge in [0.15, 0.2) is 5.11 Å². The van der Waals surface area contributed by atoms with Gasteiger partial charge in [-0.3, -0.25) is 5.43 Å². The Morgan fingerprint density at radius 3 is 2.65 bits per heavy atom. The zero-order chi connectivity index (χ0) is 16.5. The molecule has 0 heterocycles. The van der Waals surface area contributed by atoms with Gasteiger partial charge in [0.1, 0.15) is 18.2 Å². The van der Waals surface area contributed by atoms with E-state index in [-0.39, 0.29) is 12.4 Å². The number of thiocarbonyl (C=S) groups is 1. The summed E-state index contributed by atoms with van der Waals surface area (Å²) < 4.78 is 19.1. The summed E-state index contributed by atoms with van der Waals surface area (Å²) in [7, 11) is 0. The van der Waals surface area contributed by atoms with Crippen LogP contribution in [0.25, 0.3) is 0 Å². The summed E-state index contributed by atoms with van der Waals surface area (Å²) in [5.41, 5.74) is 4.14. The third-order valence-corrected chi connectivity index (χ3v) is 3.18. The van der Waals surface area contributed by atoms with Gasteiger partial charge in [0.05, 0.1) is 6.21 Å². The summed E-state index contributed by atoms with van der Waals surface area (Å²) in [6.07, 6.45) is 1.66. The van der Waals surface area contributed by atoms with Crippen LogP contribution in [0.4, 0.5) is 4.39 Å². The molecule has 2 rings (SSSR count). The van der Waals surface area contributed by atoms with Gasteiger partial charge in [-0.15, -0.1) is 0 Å². The number of hydrazone groups is 1. The number of ether oxygens (including phenoxy) is 1. The molecule has 0 aromatic heterocycles. The molecular weight excluding hydrogens is 313 g/mol. The second-order valence-electron chi connectivity index (χ2n) is 4.68. The maximum atomic E-state index is 13.5. The van der Waals surface area contributed by atoms with Gasteiger partial charge in [0, 0.05) is 12.1 Å². The number of rotatable bonds is 6. The highest BCUT2D eigenvalue weighted by Crippen LogP contribution is 2.15. The monoisotopic (exact) mass is 331 g/mol. The van der Waals surface area contributed by atoms with Crippen LogP contribution in [0.2, 0.25) is 0 Å². The number of benzene rings is 2. The average Bonchev–Trinajstić information content (AvgIpc) is 2.56. The molecule has 0 bridgehead atoms. The predicted molar refractivity (Wildman–Crippen MR) is 94.2 cm³/mol. The van der Waals surface area contributed by atoms with E-state index in [2.05, 4.69) is 15.8 Å². The fourth-order valence-corrected chi connectivity index (χ4v) is 1.99. The summed E-state index contributed by atoms with van der Waals surface area (Å²) in [5, 5.41) is 7.44. The Balaban J connectivity index is 1.86. The van der Waals surface area contributed by atoms with Crippen LogP contribution in [0, 0.1) is 5.82 Å². The topological polar surface area (TPSA) is 45.7 Å². The zero-order valence-electron chi connectivity index (χ0n) is 12.8. The normalized spacial score (nSPS) is 10.5. The molecule has 0 saturated heterocycles. The smallest absolute Gasteiger partial charge is 0.186 e. The Morgan fingerprint density at radius 2 is 1.96 bits per heavy atom. The molecule has 0 radical (unpaired) electrons. The largest absolute Gasteiger partial charge is 0.489 e. The van der Waals surface area contributed by atoms with Crippen molar-refractivity contribution in [1.29, 1.82) is 0 Å². The van der Waals surface area contributed by atoms with E-state index in [4.69, 9.17) is 17.0 Å². The molecule has 0 unspecified atom stereocenters. The lowest BCUT2D eigenvalue weighted by molar-refractivity contribution is 0.300. The fraction of sp³-hybridized carbons (Fsp3) is 0.176. The van der Waals surface area contributed by atoms with E-state index in [1.54, 1.807) is 24.4 Å². The van der Waals surface area contributed by atoms with Crippen molar-refractivity contribution >= 4 is 23.5 Å². The van der Waals surface area contributed by atoms with E-state index >= 15 is 0 Å². The van der Waals surface area contributed by atoms with Gasteiger partial charge in [0.25, 0.3) is 0 Å². The first-order valence-corrected chi connectivity index (χ1v) is 7.63. The summed E-state index contributed by atoms with van der Waals surface area (Å²) in [6, 6.07) is 13.9. The quantitative estimate of drug-likeness (QED) is 0.485. The molecule has 2 N–H and O–H groups in total. The van der Waals surface area contributed by atoms with E-state index in [0.29, 0.717) is 16.4 Å². The highest BCUT2D eigenvalue weighted by Gasteiger charge is 2.01. The minimum Gasteiger partial charge on any atom is -0.489 e. The zero-order valence-corrected chi connectivity index (χ0v) is 13.6. The molecule has 0 fully saturated rings. The minimum absolute atomic E-state index is 0.193.